The molecule has 0 aliphatic carbocycles. The van der Waals surface area contributed by atoms with Gasteiger partial charge < -0.3 is 11.1 Å². The molecule has 0 aromatic carbocycles. The molecule has 1 amide bonds. The SMILES string of the molecule is CC(=O)NC1CCCN(CC(C)(C)N)C1. The van der Waals surface area contributed by atoms with Gasteiger partial charge in [0, 0.05) is 31.6 Å². The summed E-state index contributed by atoms with van der Waals surface area (Å²) in [4.78, 5) is 13.3. The molecule has 15 heavy (non-hydrogen) atoms. The summed E-state index contributed by atoms with van der Waals surface area (Å²) in [5.74, 6) is 0.0638. The van der Waals surface area contributed by atoms with Crippen molar-refractivity contribution in [2.24, 2.45) is 5.73 Å². The quantitative estimate of drug-likeness (QED) is 0.710. The Morgan fingerprint density at radius 1 is 1.60 bits per heavy atom. The van der Waals surface area contributed by atoms with Crippen molar-refractivity contribution >= 4 is 5.91 Å². The largest absolute Gasteiger partial charge is 0.352 e. The molecular weight excluding hydrogens is 190 g/mol. The van der Waals surface area contributed by atoms with Crippen LogP contribution in [0.3, 0.4) is 0 Å². The van der Waals surface area contributed by atoms with Crippen LogP contribution >= 0.6 is 0 Å². The van der Waals surface area contributed by atoms with Gasteiger partial charge in [-0.05, 0) is 33.2 Å². The number of carbonyl (C=O) groups is 1. The van der Waals surface area contributed by atoms with Crippen LogP contribution in [0.2, 0.25) is 0 Å². The standard InChI is InChI=1S/C11H23N3O/c1-9(15)13-10-5-4-6-14(7-10)8-11(2,3)12/h10H,4-8,12H2,1-3H3,(H,13,15). The van der Waals surface area contributed by atoms with Gasteiger partial charge in [0.15, 0.2) is 0 Å². The summed E-state index contributed by atoms with van der Waals surface area (Å²) in [6.45, 7) is 8.57. The molecular formula is C11H23N3O. The highest BCUT2D eigenvalue weighted by Crippen LogP contribution is 2.12. The second-order valence-electron chi connectivity index (χ2n) is 5.26. The van der Waals surface area contributed by atoms with Crippen molar-refractivity contribution in [3.8, 4) is 0 Å². The Balaban J connectivity index is 2.38. The van der Waals surface area contributed by atoms with Crippen molar-refractivity contribution in [2.45, 2.75) is 45.2 Å². The van der Waals surface area contributed by atoms with Gasteiger partial charge in [0.25, 0.3) is 0 Å². The Bertz CT molecular complexity index is 222. The van der Waals surface area contributed by atoms with Gasteiger partial charge >= 0.3 is 0 Å². The average molecular weight is 213 g/mol. The van der Waals surface area contributed by atoms with Gasteiger partial charge in [-0.15, -0.1) is 0 Å². The molecule has 0 bridgehead atoms. The van der Waals surface area contributed by atoms with Gasteiger partial charge in [-0.2, -0.15) is 0 Å². The third-order valence-corrected chi connectivity index (χ3v) is 2.54. The summed E-state index contributed by atoms with van der Waals surface area (Å²) < 4.78 is 0. The summed E-state index contributed by atoms with van der Waals surface area (Å²) in [5.41, 5.74) is 5.83. The summed E-state index contributed by atoms with van der Waals surface area (Å²) in [7, 11) is 0. The van der Waals surface area contributed by atoms with E-state index in [4.69, 9.17) is 5.73 Å². The number of nitrogens with one attached hydrogen (secondary N) is 1. The molecule has 1 saturated heterocycles. The Labute approximate surface area is 92.2 Å². The maximum Gasteiger partial charge on any atom is 0.217 e. The first-order valence-corrected chi connectivity index (χ1v) is 5.65. The minimum absolute atomic E-state index is 0.0638. The molecule has 0 aromatic rings. The van der Waals surface area contributed by atoms with Gasteiger partial charge in [-0.1, -0.05) is 0 Å². The maximum atomic E-state index is 10.9. The van der Waals surface area contributed by atoms with Gasteiger partial charge in [0.2, 0.25) is 5.91 Å². The Kier molecular flexibility index (Phi) is 4.11. The molecule has 1 rings (SSSR count). The van der Waals surface area contributed by atoms with Crippen molar-refractivity contribution in [3.05, 3.63) is 0 Å². The van der Waals surface area contributed by atoms with Crippen molar-refractivity contribution in [2.75, 3.05) is 19.6 Å². The highest BCUT2D eigenvalue weighted by Gasteiger charge is 2.23. The molecule has 1 fully saturated rings. The Hall–Kier alpha value is -0.610. The first-order chi connectivity index (χ1) is 6.87. The first-order valence-electron chi connectivity index (χ1n) is 5.65. The van der Waals surface area contributed by atoms with Crippen molar-refractivity contribution in [1.82, 2.24) is 10.2 Å². The predicted octanol–water partition coefficient (Wildman–Crippen LogP) is 0.324. The number of hydrogen-bond donors (Lipinski definition) is 2. The average Bonchev–Trinajstić information content (AvgIpc) is 1.99. The van der Waals surface area contributed by atoms with Crippen molar-refractivity contribution in [3.63, 3.8) is 0 Å². The molecule has 4 nitrogen and oxygen atoms in total. The third kappa shape index (κ3) is 5.14. The van der Waals surface area contributed by atoms with Crippen LogP contribution in [-0.4, -0.2) is 42.0 Å². The molecule has 4 heteroatoms. The lowest BCUT2D eigenvalue weighted by Gasteiger charge is -2.36. The molecule has 0 spiro atoms. The summed E-state index contributed by atoms with van der Waals surface area (Å²) in [5, 5.41) is 2.98. The van der Waals surface area contributed by atoms with Crippen LogP contribution in [0.4, 0.5) is 0 Å². The number of carbonyl (C=O) groups excluding carboxylic acids is 1. The van der Waals surface area contributed by atoms with E-state index in [1.807, 2.05) is 13.8 Å². The zero-order valence-corrected chi connectivity index (χ0v) is 10.0. The molecule has 0 aromatic heterocycles. The lowest BCUT2D eigenvalue weighted by atomic mass is 10.0. The number of rotatable bonds is 3. The van der Waals surface area contributed by atoms with E-state index in [2.05, 4.69) is 10.2 Å². The molecule has 1 atom stereocenters. The molecule has 1 aliphatic heterocycles. The van der Waals surface area contributed by atoms with Crippen LogP contribution < -0.4 is 11.1 Å². The van der Waals surface area contributed by atoms with E-state index < -0.39 is 0 Å². The molecule has 0 radical (unpaired) electrons. The van der Waals surface area contributed by atoms with Gasteiger partial charge in [-0.25, -0.2) is 0 Å². The second kappa shape index (κ2) is 4.94. The van der Waals surface area contributed by atoms with E-state index in [0.29, 0.717) is 6.04 Å². The molecule has 0 saturated carbocycles. The zero-order chi connectivity index (χ0) is 11.5. The lowest BCUT2D eigenvalue weighted by Crippen LogP contribution is -2.53. The fourth-order valence-corrected chi connectivity index (χ4v) is 2.18. The van der Waals surface area contributed by atoms with Gasteiger partial charge in [-0.3, -0.25) is 9.69 Å². The van der Waals surface area contributed by atoms with Crippen LogP contribution in [0.15, 0.2) is 0 Å². The normalized spacial score (nSPS) is 23.9. The van der Waals surface area contributed by atoms with Crippen LogP contribution in [0.1, 0.15) is 33.6 Å². The number of likely N-dealkylation sites (tertiary alicyclic amines) is 1. The number of piperidine rings is 1. The Morgan fingerprint density at radius 3 is 2.80 bits per heavy atom. The van der Waals surface area contributed by atoms with E-state index in [1.165, 1.54) is 0 Å². The summed E-state index contributed by atoms with van der Waals surface area (Å²) in [6.07, 6.45) is 2.22. The van der Waals surface area contributed by atoms with E-state index in [-0.39, 0.29) is 11.4 Å². The summed E-state index contributed by atoms with van der Waals surface area (Å²) in [6, 6.07) is 0.304. The minimum Gasteiger partial charge on any atom is -0.352 e. The Morgan fingerprint density at radius 2 is 2.27 bits per heavy atom. The van der Waals surface area contributed by atoms with Crippen LogP contribution in [-0.2, 0) is 4.79 Å². The van der Waals surface area contributed by atoms with Gasteiger partial charge in [0.05, 0.1) is 0 Å². The monoisotopic (exact) mass is 213 g/mol. The van der Waals surface area contributed by atoms with E-state index >= 15 is 0 Å². The van der Waals surface area contributed by atoms with Crippen molar-refractivity contribution in [1.29, 1.82) is 0 Å². The maximum absolute atomic E-state index is 10.9. The fourth-order valence-electron chi connectivity index (χ4n) is 2.18. The van der Waals surface area contributed by atoms with Crippen LogP contribution in [0.5, 0.6) is 0 Å². The van der Waals surface area contributed by atoms with E-state index in [9.17, 15) is 4.79 Å². The zero-order valence-electron chi connectivity index (χ0n) is 10.0. The van der Waals surface area contributed by atoms with Crippen LogP contribution in [0, 0.1) is 0 Å². The van der Waals surface area contributed by atoms with Crippen LogP contribution in [0.25, 0.3) is 0 Å². The number of nitrogens with two attached hydrogens (primary N) is 1. The van der Waals surface area contributed by atoms with Gasteiger partial charge in [0.1, 0.15) is 0 Å². The van der Waals surface area contributed by atoms with Crippen molar-refractivity contribution < 1.29 is 4.79 Å². The lowest BCUT2D eigenvalue weighted by molar-refractivity contribution is -0.120. The highest BCUT2D eigenvalue weighted by atomic mass is 16.1. The molecule has 1 aliphatic rings. The topological polar surface area (TPSA) is 58.4 Å². The number of amides is 1. The third-order valence-electron chi connectivity index (χ3n) is 2.54. The van der Waals surface area contributed by atoms with E-state index in [0.717, 1.165) is 32.5 Å². The molecule has 1 unspecified atom stereocenters. The van der Waals surface area contributed by atoms with E-state index in [1.54, 1.807) is 6.92 Å². The summed E-state index contributed by atoms with van der Waals surface area (Å²) >= 11 is 0. The second-order valence-corrected chi connectivity index (χ2v) is 5.26. The fraction of sp³-hybridized carbons (Fsp3) is 0.909. The number of hydrogen-bond acceptors (Lipinski definition) is 3. The predicted molar refractivity (Wildman–Crippen MR) is 61.5 cm³/mol. The first kappa shape index (κ1) is 12.5. The molecule has 88 valence electrons. The minimum atomic E-state index is -0.155. The molecule has 1 heterocycles. The highest BCUT2D eigenvalue weighted by molar-refractivity contribution is 5.73. The smallest absolute Gasteiger partial charge is 0.217 e. The number of nitrogens with zero attached hydrogens (tertiary/aromatic N) is 1. The molecule has 3 N–H and O–H groups in total.